The molecule has 0 radical (unpaired) electrons. The minimum Gasteiger partial charge on any atom is -0.488 e. The van der Waals surface area contributed by atoms with E-state index in [1.165, 1.54) is 0 Å². The largest absolute Gasteiger partial charge is 0.488 e. The first-order chi connectivity index (χ1) is 10.2. The summed E-state index contributed by atoms with van der Waals surface area (Å²) in [7, 11) is 0. The Kier molecular flexibility index (Phi) is 3.51. The van der Waals surface area contributed by atoms with E-state index < -0.39 is 5.97 Å². The molecule has 3 rings (SSSR count). The standard InChI is InChI=1S/C17H13NO3/c19-17(20)15-8-13-5-1-2-6-14(13)9-16(15)21-11-12-4-3-7-18-10-12/h1-10H,11H2,(H,19,20). The van der Waals surface area contributed by atoms with Crippen LogP contribution >= 0.6 is 0 Å². The molecule has 0 aliphatic rings. The molecular formula is C17H13NO3. The summed E-state index contributed by atoms with van der Waals surface area (Å²) in [5.41, 5.74) is 1.06. The Labute approximate surface area is 121 Å². The van der Waals surface area contributed by atoms with Crippen molar-refractivity contribution in [2.45, 2.75) is 6.61 Å². The summed E-state index contributed by atoms with van der Waals surface area (Å²) < 4.78 is 5.67. The van der Waals surface area contributed by atoms with E-state index in [-0.39, 0.29) is 12.2 Å². The SMILES string of the molecule is O=C(O)c1cc2ccccc2cc1OCc1cccnc1. The van der Waals surface area contributed by atoms with E-state index in [1.807, 2.05) is 36.4 Å². The van der Waals surface area contributed by atoms with Gasteiger partial charge in [-0.3, -0.25) is 4.98 Å². The van der Waals surface area contributed by atoms with Crippen molar-refractivity contribution in [1.82, 2.24) is 4.98 Å². The lowest BCUT2D eigenvalue weighted by molar-refractivity contribution is 0.0692. The number of hydrogen-bond donors (Lipinski definition) is 1. The normalized spacial score (nSPS) is 10.5. The number of ether oxygens (including phenoxy) is 1. The molecule has 0 saturated carbocycles. The predicted octanol–water partition coefficient (Wildman–Crippen LogP) is 3.51. The maximum atomic E-state index is 11.4. The first-order valence-corrected chi connectivity index (χ1v) is 6.52. The maximum Gasteiger partial charge on any atom is 0.339 e. The van der Waals surface area contributed by atoms with E-state index in [9.17, 15) is 9.90 Å². The number of hydrogen-bond acceptors (Lipinski definition) is 3. The molecule has 0 unspecified atom stereocenters. The van der Waals surface area contributed by atoms with Crippen LogP contribution in [0.2, 0.25) is 0 Å². The number of carboxylic acid groups (broad SMARTS) is 1. The Hall–Kier alpha value is -2.88. The van der Waals surface area contributed by atoms with E-state index >= 15 is 0 Å². The van der Waals surface area contributed by atoms with Crippen molar-refractivity contribution >= 4 is 16.7 Å². The second-order valence-corrected chi connectivity index (χ2v) is 4.65. The van der Waals surface area contributed by atoms with Gasteiger partial charge in [-0.15, -0.1) is 0 Å². The third kappa shape index (κ3) is 2.84. The molecule has 0 amide bonds. The van der Waals surface area contributed by atoms with Crippen molar-refractivity contribution < 1.29 is 14.6 Å². The second kappa shape index (κ2) is 5.63. The molecule has 104 valence electrons. The van der Waals surface area contributed by atoms with Crippen LogP contribution in [0.1, 0.15) is 15.9 Å². The minimum atomic E-state index is -0.998. The highest BCUT2D eigenvalue weighted by molar-refractivity contribution is 5.97. The van der Waals surface area contributed by atoms with Crippen molar-refractivity contribution in [3.05, 3.63) is 72.1 Å². The number of carbonyl (C=O) groups is 1. The molecule has 0 aliphatic carbocycles. The fraction of sp³-hybridized carbons (Fsp3) is 0.0588. The van der Waals surface area contributed by atoms with Gasteiger partial charge in [-0.2, -0.15) is 0 Å². The van der Waals surface area contributed by atoms with Crippen molar-refractivity contribution in [3.8, 4) is 5.75 Å². The lowest BCUT2D eigenvalue weighted by Gasteiger charge is -2.10. The number of rotatable bonds is 4. The Morgan fingerprint density at radius 3 is 2.52 bits per heavy atom. The molecule has 0 bridgehead atoms. The summed E-state index contributed by atoms with van der Waals surface area (Å²) >= 11 is 0. The molecule has 3 aromatic rings. The fourth-order valence-corrected chi connectivity index (χ4v) is 2.15. The number of fused-ring (bicyclic) bond motifs is 1. The van der Waals surface area contributed by atoms with Gasteiger partial charge in [0.05, 0.1) is 0 Å². The molecule has 1 aromatic heterocycles. The first kappa shape index (κ1) is 13.1. The van der Waals surface area contributed by atoms with Crippen LogP contribution in [0.5, 0.6) is 5.75 Å². The van der Waals surface area contributed by atoms with Crippen molar-refractivity contribution in [1.29, 1.82) is 0 Å². The molecule has 0 spiro atoms. The number of pyridine rings is 1. The van der Waals surface area contributed by atoms with Crippen LogP contribution in [-0.2, 0) is 6.61 Å². The Balaban J connectivity index is 1.96. The van der Waals surface area contributed by atoms with Crippen molar-refractivity contribution in [2.24, 2.45) is 0 Å². The smallest absolute Gasteiger partial charge is 0.339 e. The lowest BCUT2D eigenvalue weighted by Crippen LogP contribution is -2.03. The van der Waals surface area contributed by atoms with Crippen LogP contribution in [0, 0.1) is 0 Å². The van der Waals surface area contributed by atoms with E-state index in [4.69, 9.17) is 4.74 Å². The number of aromatic carboxylic acids is 1. The summed E-state index contributed by atoms with van der Waals surface area (Å²) in [6.07, 6.45) is 3.38. The predicted molar refractivity (Wildman–Crippen MR) is 79.5 cm³/mol. The summed E-state index contributed by atoms with van der Waals surface area (Å²) in [4.78, 5) is 15.4. The lowest BCUT2D eigenvalue weighted by atomic mass is 10.1. The molecule has 0 aliphatic heterocycles. The van der Waals surface area contributed by atoms with Gasteiger partial charge < -0.3 is 9.84 Å². The zero-order chi connectivity index (χ0) is 14.7. The van der Waals surface area contributed by atoms with Gasteiger partial charge in [0.1, 0.15) is 17.9 Å². The number of carboxylic acids is 1. The molecule has 0 atom stereocenters. The van der Waals surface area contributed by atoms with Gasteiger partial charge in [-0.25, -0.2) is 4.79 Å². The fourth-order valence-electron chi connectivity index (χ4n) is 2.15. The molecule has 0 saturated heterocycles. The molecule has 1 heterocycles. The Bertz CT molecular complexity index is 784. The molecule has 21 heavy (non-hydrogen) atoms. The quantitative estimate of drug-likeness (QED) is 0.794. The van der Waals surface area contributed by atoms with Gasteiger partial charge in [-0.1, -0.05) is 30.3 Å². The Morgan fingerprint density at radius 2 is 1.86 bits per heavy atom. The molecule has 0 fully saturated rings. The highest BCUT2D eigenvalue weighted by Gasteiger charge is 2.13. The zero-order valence-corrected chi connectivity index (χ0v) is 11.2. The van der Waals surface area contributed by atoms with Gasteiger partial charge in [0.25, 0.3) is 0 Å². The van der Waals surface area contributed by atoms with Crippen LogP contribution in [0.3, 0.4) is 0 Å². The monoisotopic (exact) mass is 279 g/mol. The van der Waals surface area contributed by atoms with E-state index in [1.54, 1.807) is 24.5 Å². The molecular weight excluding hydrogens is 266 g/mol. The van der Waals surface area contributed by atoms with Crippen LogP contribution in [0.25, 0.3) is 10.8 Å². The van der Waals surface area contributed by atoms with Gasteiger partial charge in [0.2, 0.25) is 0 Å². The second-order valence-electron chi connectivity index (χ2n) is 4.65. The van der Waals surface area contributed by atoms with Gasteiger partial charge in [-0.05, 0) is 29.0 Å². The third-order valence-electron chi connectivity index (χ3n) is 3.20. The van der Waals surface area contributed by atoms with Crippen molar-refractivity contribution in [3.63, 3.8) is 0 Å². The van der Waals surface area contributed by atoms with Gasteiger partial charge in [0, 0.05) is 18.0 Å². The highest BCUT2D eigenvalue weighted by Crippen LogP contribution is 2.26. The summed E-state index contributed by atoms with van der Waals surface area (Å²) in [5, 5.41) is 11.2. The maximum absolute atomic E-state index is 11.4. The minimum absolute atomic E-state index is 0.164. The van der Waals surface area contributed by atoms with Crippen molar-refractivity contribution in [2.75, 3.05) is 0 Å². The summed E-state index contributed by atoms with van der Waals surface area (Å²) in [5.74, 6) is -0.632. The topological polar surface area (TPSA) is 59.4 Å². The average Bonchev–Trinajstić information content (AvgIpc) is 2.53. The number of benzene rings is 2. The number of nitrogens with zero attached hydrogens (tertiary/aromatic N) is 1. The zero-order valence-electron chi connectivity index (χ0n) is 11.2. The Morgan fingerprint density at radius 1 is 1.10 bits per heavy atom. The molecule has 4 heteroatoms. The molecule has 4 nitrogen and oxygen atoms in total. The summed E-state index contributed by atoms with van der Waals surface area (Å²) in [6.45, 7) is 0.284. The average molecular weight is 279 g/mol. The molecule has 1 N–H and O–H groups in total. The van der Waals surface area contributed by atoms with Crippen LogP contribution < -0.4 is 4.74 Å². The summed E-state index contributed by atoms with van der Waals surface area (Å²) in [6, 6.07) is 14.7. The van der Waals surface area contributed by atoms with E-state index in [2.05, 4.69) is 4.98 Å². The third-order valence-corrected chi connectivity index (χ3v) is 3.20. The van der Waals surface area contributed by atoms with E-state index in [0.717, 1.165) is 16.3 Å². The van der Waals surface area contributed by atoms with Crippen LogP contribution in [0.15, 0.2) is 60.9 Å². The highest BCUT2D eigenvalue weighted by atomic mass is 16.5. The van der Waals surface area contributed by atoms with Crippen LogP contribution in [-0.4, -0.2) is 16.1 Å². The first-order valence-electron chi connectivity index (χ1n) is 6.52. The van der Waals surface area contributed by atoms with E-state index in [0.29, 0.717) is 5.75 Å². The number of aromatic nitrogens is 1. The van der Waals surface area contributed by atoms with Gasteiger partial charge >= 0.3 is 5.97 Å². The molecule has 2 aromatic carbocycles. The van der Waals surface area contributed by atoms with Crippen LogP contribution in [0.4, 0.5) is 0 Å². The van der Waals surface area contributed by atoms with Gasteiger partial charge in [0.15, 0.2) is 0 Å².